The van der Waals surface area contributed by atoms with Crippen molar-refractivity contribution in [2.45, 2.75) is 26.2 Å². The molecule has 3 rings (SSSR count). The lowest BCUT2D eigenvalue weighted by molar-refractivity contribution is 0.0991. The number of carbonyl (C=O) groups is 1. The van der Waals surface area contributed by atoms with E-state index >= 15 is 0 Å². The first-order valence-corrected chi connectivity index (χ1v) is 7.24. The summed E-state index contributed by atoms with van der Waals surface area (Å²) < 4.78 is 14.0. The van der Waals surface area contributed by atoms with Crippen LogP contribution in [0, 0.1) is 12.7 Å². The van der Waals surface area contributed by atoms with E-state index in [1.54, 1.807) is 12.1 Å². The van der Waals surface area contributed by atoms with Crippen molar-refractivity contribution in [1.29, 1.82) is 0 Å². The highest BCUT2D eigenvalue weighted by molar-refractivity contribution is 6.30. The molecule has 0 amide bonds. The van der Waals surface area contributed by atoms with E-state index in [1.165, 1.54) is 6.07 Å². The second-order valence-electron chi connectivity index (χ2n) is 5.50. The zero-order valence-electron chi connectivity index (χ0n) is 11.8. The SMILES string of the molecule is Cc1ccc(Cl)cc1Nc1ccc(F)c2c1C(=O)CC2C. The molecule has 1 aliphatic rings. The van der Waals surface area contributed by atoms with Crippen LogP contribution in [-0.2, 0) is 0 Å². The van der Waals surface area contributed by atoms with Crippen molar-refractivity contribution in [1.82, 2.24) is 0 Å². The first-order chi connectivity index (χ1) is 9.97. The fourth-order valence-corrected chi connectivity index (χ4v) is 3.01. The minimum atomic E-state index is -0.309. The van der Waals surface area contributed by atoms with Crippen LogP contribution < -0.4 is 5.32 Å². The summed E-state index contributed by atoms with van der Waals surface area (Å²) in [6, 6.07) is 8.54. The lowest BCUT2D eigenvalue weighted by Crippen LogP contribution is -2.02. The monoisotopic (exact) mass is 303 g/mol. The molecule has 0 fully saturated rings. The molecule has 0 bridgehead atoms. The number of fused-ring (bicyclic) bond motifs is 1. The van der Waals surface area contributed by atoms with Crippen molar-refractivity contribution in [3.05, 3.63) is 57.9 Å². The van der Waals surface area contributed by atoms with Crippen LogP contribution in [-0.4, -0.2) is 5.78 Å². The van der Waals surface area contributed by atoms with Gasteiger partial charge >= 0.3 is 0 Å². The fraction of sp³-hybridized carbons (Fsp3) is 0.235. The highest BCUT2D eigenvalue weighted by atomic mass is 35.5. The number of anilines is 2. The highest BCUT2D eigenvalue weighted by Crippen LogP contribution is 2.40. The van der Waals surface area contributed by atoms with Crippen LogP contribution in [0.25, 0.3) is 0 Å². The number of nitrogens with one attached hydrogen (secondary N) is 1. The predicted octanol–water partition coefficient (Wildman–Crippen LogP) is 5.22. The molecule has 2 nitrogen and oxygen atoms in total. The summed E-state index contributed by atoms with van der Waals surface area (Å²) in [5.41, 5.74) is 3.47. The van der Waals surface area contributed by atoms with Crippen molar-refractivity contribution >= 4 is 28.8 Å². The molecule has 0 spiro atoms. The Morgan fingerprint density at radius 2 is 2.00 bits per heavy atom. The van der Waals surface area contributed by atoms with Gasteiger partial charge in [0.25, 0.3) is 0 Å². The van der Waals surface area contributed by atoms with Gasteiger partial charge in [0.2, 0.25) is 0 Å². The van der Waals surface area contributed by atoms with E-state index in [9.17, 15) is 9.18 Å². The smallest absolute Gasteiger partial charge is 0.165 e. The third-order valence-corrected chi connectivity index (χ3v) is 4.16. The van der Waals surface area contributed by atoms with Crippen LogP contribution in [0.5, 0.6) is 0 Å². The number of hydrogen-bond acceptors (Lipinski definition) is 2. The molecule has 1 unspecified atom stereocenters. The summed E-state index contributed by atoms with van der Waals surface area (Å²) in [5.74, 6) is -0.398. The van der Waals surface area contributed by atoms with E-state index < -0.39 is 0 Å². The van der Waals surface area contributed by atoms with Crippen molar-refractivity contribution in [2.24, 2.45) is 0 Å². The number of hydrogen-bond donors (Lipinski definition) is 1. The highest BCUT2D eigenvalue weighted by Gasteiger charge is 2.31. The Kier molecular flexibility index (Phi) is 3.46. The molecule has 0 heterocycles. The predicted molar refractivity (Wildman–Crippen MR) is 83.2 cm³/mol. The van der Waals surface area contributed by atoms with E-state index in [-0.39, 0.29) is 17.5 Å². The van der Waals surface area contributed by atoms with Gasteiger partial charge in [-0.1, -0.05) is 24.6 Å². The molecule has 4 heteroatoms. The molecule has 0 saturated heterocycles. The zero-order valence-corrected chi connectivity index (χ0v) is 12.6. The number of aryl methyl sites for hydroxylation is 1. The van der Waals surface area contributed by atoms with E-state index in [0.29, 0.717) is 28.3 Å². The maximum atomic E-state index is 14.0. The van der Waals surface area contributed by atoms with E-state index in [2.05, 4.69) is 5.32 Å². The van der Waals surface area contributed by atoms with Gasteiger partial charge in [-0.3, -0.25) is 4.79 Å². The van der Waals surface area contributed by atoms with Crippen LogP contribution in [0.3, 0.4) is 0 Å². The van der Waals surface area contributed by atoms with Crippen LogP contribution >= 0.6 is 11.6 Å². The topological polar surface area (TPSA) is 29.1 Å². The fourth-order valence-electron chi connectivity index (χ4n) is 2.84. The number of ketones is 1. The van der Waals surface area contributed by atoms with E-state index in [4.69, 9.17) is 11.6 Å². The minimum Gasteiger partial charge on any atom is -0.355 e. The number of carbonyl (C=O) groups excluding carboxylic acids is 1. The summed E-state index contributed by atoms with van der Waals surface area (Å²) in [7, 11) is 0. The summed E-state index contributed by atoms with van der Waals surface area (Å²) in [6.07, 6.45) is 0.361. The van der Waals surface area contributed by atoms with Gasteiger partial charge in [-0.2, -0.15) is 0 Å². The number of halogens is 2. The van der Waals surface area contributed by atoms with E-state index in [1.807, 2.05) is 26.0 Å². The lowest BCUT2D eigenvalue weighted by Gasteiger charge is -2.14. The standard InChI is InChI=1S/C17H15ClFNO/c1-9-3-4-11(18)8-14(9)20-13-6-5-12(19)16-10(2)7-15(21)17(13)16/h3-6,8,10,20H,7H2,1-2H3. The second kappa shape index (κ2) is 5.15. The second-order valence-corrected chi connectivity index (χ2v) is 5.93. The third kappa shape index (κ3) is 2.42. The molecule has 2 aromatic carbocycles. The number of Topliss-reactive ketones (excluding diaryl/α,β-unsaturated/α-hetero) is 1. The van der Waals surface area contributed by atoms with Gasteiger partial charge in [0.15, 0.2) is 5.78 Å². The Bertz CT molecular complexity index is 742. The average Bonchev–Trinajstić information content (AvgIpc) is 2.73. The number of rotatable bonds is 2. The molecule has 0 radical (unpaired) electrons. The molecule has 0 saturated carbocycles. The maximum Gasteiger partial charge on any atom is 0.165 e. The Hall–Kier alpha value is -1.87. The number of benzene rings is 2. The molecular weight excluding hydrogens is 289 g/mol. The van der Waals surface area contributed by atoms with Crippen LogP contribution in [0.4, 0.5) is 15.8 Å². The van der Waals surface area contributed by atoms with Crippen molar-refractivity contribution in [3.8, 4) is 0 Å². The van der Waals surface area contributed by atoms with Gasteiger partial charge in [-0.05, 0) is 42.7 Å². The molecule has 1 aliphatic carbocycles. The maximum absolute atomic E-state index is 14.0. The van der Waals surface area contributed by atoms with Gasteiger partial charge in [0, 0.05) is 33.9 Å². The van der Waals surface area contributed by atoms with E-state index in [0.717, 1.165) is 11.3 Å². The summed E-state index contributed by atoms with van der Waals surface area (Å²) >= 11 is 6.01. The van der Waals surface area contributed by atoms with Crippen molar-refractivity contribution in [2.75, 3.05) is 5.32 Å². The molecule has 0 aliphatic heterocycles. The normalized spacial score (nSPS) is 17.0. The first-order valence-electron chi connectivity index (χ1n) is 6.86. The van der Waals surface area contributed by atoms with Crippen molar-refractivity contribution in [3.63, 3.8) is 0 Å². The van der Waals surface area contributed by atoms with Gasteiger partial charge in [0.05, 0.1) is 0 Å². The van der Waals surface area contributed by atoms with Gasteiger partial charge in [0.1, 0.15) is 5.82 Å². The summed E-state index contributed by atoms with van der Waals surface area (Å²) in [6.45, 7) is 3.83. The van der Waals surface area contributed by atoms with Gasteiger partial charge in [-0.15, -0.1) is 0 Å². The molecule has 0 aromatic heterocycles. The Morgan fingerprint density at radius 3 is 2.76 bits per heavy atom. The Morgan fingerprint density at radius 1 is 1.24 bits per heavy atom. The zero-order chi connectivity index (χ0) is 15.1. The Labute approximate surface area is 127 Å². The molecule has 2 aromatic rings. The van der Waals surface area contributed by atoms with Crippen LogP contribution in [0.15, 0.2) is 30.3 Å². The molecular formula is C17H15ClFNO. The third-order valence-electron chi connectivity index (χ3n) is 3.92. The van der Waals surface area contributed by atoms with Crippen LogP contribution in [0.2, 0.25) is 5.02 Å². The molecule has 108 valence electrons. The Balaban J connectivity index is 2.09. The molecule has 1 atom stereocenters. The largest absolute Gasteiger partial charge is 0.355 e. The average molecular weight is 304 g/mol. The summed E-state index contributed by atoms with van der Waals surface area (Å²) in [4.78, 5) is 12.2. The van der Waals surface area contributed by atoms with Crippen LogP contribution in [0.1, 0.15) is 40.7 Å². The minimum absolute atomic E-state index is 0.0146. The van der Waals surface area contributed by atoms with Crippen molar-refractivity contribution < 1.29 is 9.18 Å². The molecule has 21 heavy (non-hydrogen) atoms. The quantitative estimate of drug-likeness (QED) is 0.824. The van der Waals surface area contributed by atoms with Gasteiger partial charge in [-0.25, -0.2) is 4.39 Å². The molecule has 1 N–H and O–H groups in total. The first kappa shape index (κ1) is 14.1. The summed E-state index contributed by atoms with van der Waals surface area (Å²) in [5, 5.41) is 3.83. The van der Waals surface area contributed by atoms with Gasteiger partial charge < -0.3 is 5.32 Å². The lowest BCUT2D eigenvalue weighted by atomic mass is 10.0.